The molecule has 2 amide bonds. The predicted octanol–water partition coefficient (Wildman–Crippen LogP) is 2.75. The summed E-state index contributed by atoms with van der Waals surface area (Å²) >= 11 is 0. The van der Waals surface area contributed by atoms with Gasteiger partial charge in [0.25, 0.3) is 5.91 Å². The van der Waals surface area contributed by atoms with Crippen LogP contribution in [0.4, 0.5) is 10.5 Å². The molecule has 0 atom stereocenters. The Bertz CT molecular complexity index is 913. The number of nitrogens with one attached hydrogen (secondary N) is 1. The number of hydrogen-bond acceptors (Lipinski definition) is 8. The molecule has 0 saturated carbocycles. The third kappa shape index (κ3) is 5.89. The van der Waals surface area contributed by atoms with Crippen LogP contribution in [0.15, 0.2) is 12.1 Å². The first-order valence-electron chi connectivity index (χ1n) is 10.4. The summed E-state index contributed by atoms with van der Waals surface area (Å²) in [6.45, 7) is 7.05. The van der Waals surface area contributed by atoms with Gasteiger partial charge in [-0.15, -0.1) is 0 Å². The van der Waals surface area contributed by atoms with Gasteiger partial charge in [0.1, 0.15) is 5.60 Å². The SMILES string of the molecule is CC(=O)c1cc2c(cc1NC(=O)COC(=O)C1CCN(C(=O)OC(C)(C)C)CC1)OCO2. The molecular weight excluding hydrogens is 420 g/mol. The number of benzene rings is 1. The molecule has 0 aliphatic carbocycles. The van der Waals surface area contributed by atoms with E-state index in [4.69, 9.17) is 18.9 Å². The van der Waals surface area contributed by atoms with Crippen molar-refractivity contribution >= 4 is 29.4 Å². The molecule has 1 aromatic carbocycles. The van der Waals surface area contributed by atoms with Crippen LogP contribution in [0.2, 0.25) is 0 Å². The van der Waals surface area contributed by atoms with E-state index in [1.807, 2.05) is 0 Å². The molecule has 1 saturated heterocycles. The van der Waals surface area contributed by atoms with Gasteiger partial charge < -0.3 is 29.2 Å². The molecule has 1 aromatic rings. The molecule has 10 heteroatoms. The summed E-state index contributed by atoms with van der Waals surface area (Å²) in [5.41, 5.74) is -0.0580. The quantitative estimate of drug-likeness (QED) is 0.539. The number of amides is 2. The molecule has 1 fully saturated rings. The highest BCUT2D eigenvalue weighted by atomic mass is 16.7. The van der Waals surface area contributed by atoms with Crippen molar-refractivity contribution in [3.8, 4) is 11.5 Å². The molecule has 32 heavy (non-hydrogen) atoms. The molecule has 2 heterocycles. The zero-order valence-corrected chi connectivity index (χ0v) is 18.7. The number of likely N-dealkylation sites (tertiary alicyclic amines) is 1. The van der Waals surface area contributed by atoms with Crippen LogP contribution in [-0.2, 0) is 19.1 Å². The fraction of sp³-hybridized carbons (Fsp3) is 0.545. The summed E-state index contributed by atoms with van der Waals surface area (Å²) in [6, 6.07) is 3.01. The Hall–Kier alpha value is -3.30. The number of piperidine rings is 1. The number of nitrogens with zero attached hydrogens (tertiary/aromatic N) is 1. The molecule has 0 aromatic heterocycles. The monoisotopic (exact) mass is 448 g/mol. The fourth-order valence-electron chi connectivity index (χ4n) is 3.40. The maximum absolute atomic E-state index is 12.4. The van der Waals surface area contributed by atoms with Crippen molar-refractivity contribution in [2.45, 2.75) is 46.1 Å². The Morgan fingerprint density at radius 2 is 1.72 bits per heavy atom. The van der Waals surface area contributed by atoms with E-state index in [2.05, 4.69) is 5.32 Å². The van der Waals surface area contributed by atoms with E-state index in [1.54, 1.807) is 25.7 Å². The van der Waals surface area contributed by atoms with Crippen molar-refractivity contribution in [2.75, 3.05) is 31.8 Å². The molecular formula is C22H28N2O8. The molecule has 1 N–H and O–H groups in total. The van der Waals surface area contributed by atoms with Crippen LogP contribution in [0, 0.1) is 5.92 Å². The number of carbonyl (C=O) groups is 4. The molecule has 2 aliphatic heterocycles. The number of rotatable bonds is 5. The summed E-state index contributed by atoms with van der Waals surface area (Å²) < 4.78 is 21.0. The standard InChI is InChI=1S/C22H28N2O8/c1-13(25)15-9-17-18(31-12-30-17)10-16(15)23-19(26)11-29-20(27)14-5-7-24(8-6-14)21(28)32-22(2,3)4/h9-10,14H,5-8,11-12H2,1-4H3,(H,23,26). The van der Waals surface area contributed by atoms with E-state index in [0.717, 1.165) is 0 Å². The van der Waals surface area contributed by atoms with E-state index in [0.29, 0.717) is 37.4 Å². The first-order chi connectivity index (χ1) is 15.0. The van der Waals surface area contributed by atoms with Crippen LogP contribution < -0.4 is 14.8 Å². The highest BCUT2D eigenvalue weighted by Gasteiger charge is 2.31. The molecule has 0 bridgehead atoms. The third-order valence-electron chi connectivity index (χ3n) is 4.99. The van der Waals surface area contributed by atoms with Crippen LogP contribution in [0.3, 0.4) is 0 Å². The average Bonchev–Trinajstić information content (AvgIpc) is 3.17. The second-order valence-corrected chi connectivity index (χ2v) is 8.70. The van der Waals surface area contributed by atoms with Crippen molar-refractivity contribution in [2.24, 2.45) is 5.92 Å². The van der Waals surface area contributed by atoms with E-state index in [-0.39, 0.29) is 23.8 Å². The molecule has 10 nitrogen and oxygen atoms in total. The van der Waals surface area contributed by atoms with Gasteiger partial charge in [-0.1, -0.05) is 0 Å². The first-order valence-corrected chi connectivity index (χ1v) is 10.4. The molecule has 2 aliphatic rings. The lowest BCUT2D eigenvalue weighted by Gasteiger charge is -2.32. The van der Waals surface area contributed by atoms with Crippen LogP contribution in [0.25, 0.3) is 0 Å². The van der Waals surface area contributed by atoms with Gasteiger partial charge in [0, 0.05) is 24.7 Å². The first kappa shape index (κ1) is 23.4. The Morgan fingerprint density at radius 1 is 1.09 bits per heavy atom. The van der Waals surface area contributed by atoms with Crippen molar-refractivity contribution in [3.63, 3.8) is 0 Å². The maximum atomic E-state index is 12.4. The Morgan fingerprint density at radius 3 is 2.31 bits per heavy atom. The zero-order valence-electron chi connectivity index (χ0n) is 18.7. The van der Waals surface area contributed by atoms with Crippen molar-refractivity contribution in [1.29, 1.82) is 0 Å². The number of ether oxygens (including phenoxy) is 4. The van der Waals surface area contributed by atoms with E-state index in [9.17, 15) is 19.2 Å². The lowest BCUT2D eigenvalue weighted by molar-refractivity contribution is -0.153. The van der Waals surface area contributed by atoms with E-state index in [1.165, 1.54) is 19.1 Å². The number of ketones is 1. The van der Waals surface area contributed by atoms with Gasteiger partial charge in [-0.05, 0) is 46.6 Å². The molecule has 0 unspecified atom stereocenters. The van der Waals surface area contributed by atoms with Crippen LogP contribution in [-0.4, -0.2) is 60.7 Å². The number of esters is 1. The average molecular weight is 448 g/mol. The lowest BCUT2D eigenvalue weighted by atomic mass is 9.97. The smallest absolute Gasteiger partial charge is 0.410 e. The largest absolute Gasteiger partial charge is 0.455 e. The molecule has 3 rings (SSSR count). The fourth-order valence-corrected chi connectivity index (χ4v) is 3.40. The normalized spacial score (nSPS) is 15.8. The summed E-state index contributed by atoms with van der Waals surface area (Å²) in [5.74, 6) is -0.893. The van der Waals surface area contributed by atoms with Crippen molar-refractivity contribution < 1.29 is 38.1 Å². The topological polar surface area (TPSA) is 120 Å². The number of fused-ring (bicyclic) bond motifs is 1. The minimum absolute atomic E-state index is 0.0361. The van der Waals surface area contributed by atoms with E-state index >= 15 is 0 Å². The highest BCUT2D eigenvalue weighted by molar-refractivity contribution is 6.05. The second kappa shape index (κ2) is 9.46. The Balaban J connectivity index is 1.48. The molecule has 0 spiro atoms. The van der Waals surface area contributed by atoms with Gasteiger partial charge >= 0.3 is 12.1 Å². The number of hydrogen-bond donors (Lipinski definition) is 1. The van der Waals surface area contributed by atoms with Gasteiger partial charge in [-0.2, -0.15) is 0 Å². The maximum Gasteiger partial charge on any atom is 0.410 e. The summed E-state index contributed by atoms with van der Waals surface area (Å²) in [7, 11) is 0. The van der Waals surface area contributed by atoms with Gasteiger partial charge in [0.15, 0.2) is 23.9 Å². The van der Waals surface area contributed by atoms with Gasteiger partial charge in [0.2, 0.25) is 6.79 Å². The van der Waals surface area contributed by atoms with Crippen LogP contribution in [0.1, 0.15) is 50.9 Å². The highest BCUT2D eigenvalue weighted by Crippen LogP contribution is 2.37. The Kier molecular flexibility index (Phi) is 6.90. The van der Waals surface area contributed by atoms with E-state index < -0.39 is 36.1 Å². The lowest BCUT2D eigenvalue weighted by Crippen LogP contribution is -2.43. The minimum atomic E-state index is -0.583. The number of anilines is 1. The number of Topliss-reactive ketones (excluding diaryl/α,β-unsaturated/α-hetero) is 1. The summed E-state index contributed by atoms with van der Waals surface area (Å²) in [5, 5.41) is 2.58. The molecule has 0 radical (unpaired) electrons. The summed E-state index contributed by atoms with van der Waals surface area (Å²) in [4.78, 5) is 50.2. The van der Waals surface area contributed by atoms with Gasteiger partial charge in [-0.25, -0.2) is 4.79 Å². The molecule has 174 valence electrons. The zero-order chi connectivity index (χ0) is 23.5. The van der Waals surface area contributed by atoms with Gasteiger partial charge in [0.05, 0.1) is 11.6 Å². The van der Waals surface area contributed by atoms with Crippen molar-refractivity contribution in [1.82, 2.24) is 4.90 Å². The van der Waals surface area contributed by atoms with Crippen molar-refractivity contribution in [3.05, 3.63) is 17.7 Å². The van der Waals surface area contributed by atoms with Gasteiger partial charge in [-0.3, -0.25) is 14.4 Å². The summed E-state index contributed by atoms with van der Waals surface area (Å²) in [6.07, 6.45) is 0.445. The third-order valence-corrected chi connectivity index (χ3v) is 4.99. The van der Waals surface area contributed by atoms with Crippen LogP contribution >= 0.6 is 0 Å². The van der Waals surface area contributed by atoms with Crippen LogP contribution in [0.5, 0.6) is 11.5 Å². The minimum Gasteiger partial charge on any atom is -0.455 e. The predicted molar refractivity (Wildman–Crippen MR) is 113 cm³/mol. The Labute approximate surface area is 186 Å². The number of carbonyl (C=O) groups excluding carboxylic acids is 4. The second-order valence-electron chi connectivity index (χ2n) is 8.70.